The molecule has 2 aliphatic rings. The van der Waals surface area contributed by atoms with Crippen LogP contribution in [0.3, 0.4) is 0 Å². The van der Waals surface area contributed by atoms with Crippen molar-refractivity contribution in [1.82, 2.24) is 24.7 Å². The topological polar surface area (TPSA) is 87.5 Å². The second-order valence-electron chi connectivity index (χ2n) is 8.65. The smallest absolute Gasteiger partial charge is 0.262 e. The highest BCUT2D eigenvalue weighted by molar-refractivity contribution is 7.20. The molecule has 9 heteroatoms. The van der Waals surface area contributed by atoms with Gasteiger partial charge in [-0.3, -0.25) is 19.0 Å². The van der Waals surface area contributed by atoms with Crippen molar-refractivity contribution in [2.75, 3.05) is 32.7 Å². The maximum Gasteiger partial charge on any atom is 0.262 e. The summed E-state index contributed by atoms with van der Waals surface area (Å²) in [6, 6.07) is 0.201. The summed E-state index contributed by atoms with van der Waals surface area (Å²) < 4.78 is 1.38. The van der Waals surface area contributed by atoms with Crippen molar-refractivity contribution >= 4 is 33.4 Å². The van der Waals surface area contributed by atoms with Crippen LogP contribution in [0, 0.1) is 6.92 Å². The average molecular weight is 446 g/mol. The number of hydrogen-bond donors (Lipinski definition) is 1. The van der Waals surface area contributed by atoms with E-state index < -0.39 is 0 Å². The van der Waals surface area contributed by atoms with E-state index in [2.05, 4.69) is 22.1 Å². The van der Waals surface area contributed by atoms with E-state index in [9.17, 15) is 14.4 Å². The maximum atomic E-state index is 13.1. The Morgan fingerprint density at radius 1 is 1.19 bits per heavy atom. The highest BCUT2D eigenvalue weighted by Gasteiger charge is 2.25. The first-order chi connectivity index (χ1) is 15.0. The highest BCUT2D eigenvalue weighted by Crippen LogP contribution is 2.26. The molecule has 2 aromatic rings. The van der Waals surface area contributed by atoms with Gasteiger partial charge in [0.2, 0.25) is 5.91 Å². The molecule has 31 heavy (non-hydrogen) atoms. The van der Waals surface area contributed by atoms with Crippen molar-refractivity contribution in [2.45, 2.75) is 58.5 Å². The first kappa shape index (κ1) is 22.0. The molecule has 4 rings (SSSR count). The molecular formula is C22H31N5O3S. The van der Waals surface area contributed by atoms with Crippen molar-refractivity contribution < 1.29 is 9.59 Å². The predicted octanol–water partition coefficient (Wildman–Crippen LogP) is 1.99. The van der Waals surface area contributed by atoms with Crippen LogP contribution in [0.25, 0.3) is 10.2 Å². The number of nitrogens with one attached hydrogen (secondary N) is 1. The van der Waals surface area contributed by atoms with Crippen LogP contribution in [0.1, 0.15) is 54.3 Å². The summed E-state index contributed by atoms with van der Waals surface area (Å²) in [6.45, 7) is 8.19. The van der Waals surface area contributed by atoms with Gasteiger partial charge in [-0.15, -0.1) is 11.3 Å². The van der Waals surface area contributed by atoms with Crippen LogP contribution < -0.4 is 10.9 Å². The van der Waals surface area contributed by atoms with Crippen LogP contribution in [0.15, 0.2) is 11.1 Å². The molecule has 0 bridgehead atoms. The summed E-state index contributed by atoms with van der Waals surface area (Å²) in [5.74, 6) is -0.216. The van der Waals surface area contributed by atoms with E-state index in [0.717, 1.165) is 45.4 Å². The van der Waals surface area contributed by atoms with E-state index in [1.54, 1.807) is 6.92 Å². The van der Waals surface area contributed by atoms with Gasteiger partial charge < -0.3 is 15.1 Å². The number of aryl methyl sites for hydroxylation is 1. The normalized spacial score (nSPS) is 19.8. The van der Waals surface area contributed by atoms with Crippen LogP contribution in [-0.2, 0) is 11.3 Å². The minimum atomic E-state index is -0.257. The molecule has 1 N–H and O–H groups in total. The van der Waals surface area contributed by atoms with Crippen molar-refractivity contribution in [3.63, 3.8) is 0 Å². The van der Waals surface area contributed by atoms with Gasteiger partial charge in [-0.05, 0) is 64.6 Å². The van der Waals surface area contributed by atoms with E-state index in [1.807, 2.05) is 4.90 Å². The standard InChI is InChI=1S/C22H31N5O3S/c1-15-7-3-4-11-27(15)17(28)13-26-14-24-21-18(22(26)30)16(2)19(31-21)20(29)23-8-12-25-9-5-6-10-25/h14-15H,3-13H2,1-2H3,(H,23,29). The zero-order chi connectivity index (χ0) is 22.0. The lowest BCUT2D eigenvalue weighted by Gasteiger charge is -2.33. The Balaban J connectivity index is 1.48. The zero-order valence-corrected chi connectivity index (χ0v) is 19.2. The molecule has 2 aliphatic heterocycles. The Bertz CT molecular complexity index is 1020. The van der Waals surface area contributed by atoms with Crippen LogP contribution in [0.5, 0.6) is 0 Å². The molecule has 2 fully saturated rings. The van der Waals surface area contributed by atoms with Crippen molar-refractivity contribution in [2.24, 2.45) is 0 Å². The SMILES string of the molecule is Cc1c(C(=O)NCCN2CCCC2)sc2ncn(CC(=O)N3CCCCC3C)c(=O)c12. The number of carbonyl (C=O) groups is 2. The van der Waals surface area contributed by atoms with Crippen LogP contribution in [-0.4, -0.2) is 69.9 Å². The summed E-state index contributed by atoms with van der Waals surface area (Å²) in [5.41, 5.74) is 0.386. The lowest BCUT2D eigenvalue weighted by molar-refractivity contribution is -0.135. The van der Waals surface area contributed by atoms with Crippen LogP contribution in [0.4, 0.5) is 0 Å². The van der Waals surface area contributed by atoms with Gasteiger partial charge >= 0.3 is 0 Å². The molecule has 0 spiro atoms. The van der Waals surface area contributed by atoms with Crippen LogP contribution in [0.2, 0.25) is 0 Å². The predicted molar refractivity (Wildman–Crippen MR) is 122 cm³/mol. The average Bonchev–Trinajstić information content (AvgIpc) is 3.38. The fraction of sp³-hybridized carbons (Fsp3) is 0.636. The minimum Gasteiger partial charge on any atom is -0.350 e. The molecule has 8 nitrogen and oxygen atoms in total. The first-order valence-corrected chi connectivity index (χ1v) is 12.1. The monoisotopic (exact) mass is 445 g/mol. The van der Waals surface area contributed by atoms with Gasteiger partial charge in [0.25, 0.3) is 11.5 Å². The van der Waals surface area contributed by atoms with Gasteiger partial charge in [-0.1, -0.05) is 0 Å². The fourth-order valence-electron chi connectivity index (χ4n) is 4.61. The molecule has 1 unspecified atom stereocenters. The number of hydrogen-bond acceptors (Lipinski definition) is 6. The fourth-order valence-corrected chi connectivity index (χ4v) is 5.66. The Morgan fingerprint density at radius 2 is 1.94 bits per heavy atom. The van der Waals surface area contributed by atoms with Gasteiger partial charge in [0, 0.05) is 25.7 Å². The molecule has 0 radical (unpaired) electrons. The molecule has 0 saturated carbocycles. The van der Waals surface area contributed by atoms with Gasteiger partial charge in [0.15, 0.2) is 0 Å². The first-order valence-electron chi connectivity index (χ1n) is 11.2. The molecule has 2 amide bonds. The van der Waals surface area contributed by atoms with E-state index in [1.165, 1.54) is 35.1 Å². The number of thiophene rings is 1. The number of fused-ring (bicyclic) bond motifs is 1. The third kappa shape index (κ3) is 4.67. The lowest BCUT2D eigenvalue weighted by Crippen LogP contribution is -2.44. The number of likely N-dealkylation sites (tertiary alicyclic amines) is 2. The van der Waals surface area contributed by atoms with E-state index >= 15 is 0 Å². The minimum absolute atomic E-state index is 0.0151. The Labute approximate surface area is 186 Å². The molecular weight excluding hydrogens is 414 g/mol. The van der Waals surface area contributed by atoms with Crippen LogP contribution >= 0.6 is 11.3 Å². The lowest BCUT2D eigenvalue weighted by atomic mass is 10.0. The summed E-state index contributed by atoms with van der Waals surface area (Å²) in [4.78, 5) is 48.2. The van der Waals surface area contributed by atoms with E-state index in [-0.39, 0.29) is 30.0 Å². The molecule has 0 aliphatic carbocycles. The quantitative estimate of drug-likeness (QED) is 0.735. The summed E-state index contributed by atoms with van der Waals surface area (Å²) in [6.07, 6.45) is 7.01. The van der Waals surface area contributed by atoms with Gasteiger partial charge in [-0.2, -0.15) is 0 Å². The highest BCUT2D eigenvalue weighted by atomic mass is 32.1. The molecule has 168 valence electrons. The molecule has 0 aromatic carbocycles. The molecule has 1 atom stereocenters. The van der Waals surface area contributed by atoms with Gasteiger partial charge in [-0.25, -0.2) is 4.98 Å². The third-order valence-electron chi connectivity index (χ3n) is 6.46. The van der Waals surface area contributed by atoms with E-state index in [0.29, 0.717) is 27.2 Å². The van der Waals surface area contributed by atoms with Gasteiger partial charge in [0.1, 0.15) is 11.4 Å². The molecule has 4 heterocycles. The summed E-state index contributed by atoms with van der Waals surface area (Å²) in [7, 11) is 0. The summed E-state index contributed by atoms with van der Waals surface area (Å²) >= 11 is 1.24. The number of amides is 2. The van der Waals surface area contributed by atoms with Crippen molar-refractivity contribution in [3.8, 4) is 0 Å². The largest absolute Gasteiger partial charge is 0.350 e. The Morgan fingerprint density at radius 3 is 2.68 bits per heavy atom. The second kappa shape index (κ2) is 9.48. The third-order valence-corrected chi connectivity index (χ3v) is 7.66. The van der Waals surface area contributed by atoms with Gasteiger partial charge in [0.05, 0.1) is 16.6 Å². The van der Waals surface area contributed by atoms with Crippen molar-refractivity contribution in [3.05, 3.63) is 27.1 Å². The maximum absolute atomic E-state index is 13.1. The zero-order valence-electron chi connectivity index (χ0n) is 18.4. The van der Waals surface area contributed by atoms with Crippen molar-refractivity contribution in [1.29, 1.82) is 0 Å². The number of carbonyl (C=O) groups excluding carboxylic acids is 2. The number of nitrogens with zero attached hydrogens (tertiary/aromatic N) is 4. The second-order valence-corrected chi connectivity index (χ2v) is 9.65. The molecule has 2 aromatic heterocycles. The number of rotatable bonds is 6. The molecule has 2 saturated heterocycles. The number of aromatic nitrogens is 2. The summed E-state index contributed by atoms with van der Waals surface area (Å²) in [5, 5.41) is 3.42. The van der Waals surface area contributed by atoms with E-state index in [4.69, 9.17) is 0 Å². The Hall–Kier alpha value is -2.26. The number of piperidine rings is 1. The Kier molecular flexibility index (Phi) is 6.71.